The van der Waals surface area contributed by atoms with Crippen LogP contribution in [-0.4, -0.2) is 4.98 Å². The summed E-state index contributed by atoms with van der Waals surface area (Å²) < 4.78 is 5.93. The fourth-order valence-electron chi connectivity index (χ4n) is 2.51. The molecule has 0 aliphatic heterocycles. The molecule has 102 valence electrons. The molecule has 1 aromatic heterocycles. The highest BCUT2D eigenvalue weighted by atomic mass is 16.3. The summed E-state index contributed by atoms with van der Waals surface area (Å²) in [7, 11) is 0. The molecule has 0 bridgehead atoms. The minimum absolute atomic E-state index is 0.539. The Labute approximate surface area is 119 Å². The van der Waals surface area contributed by atoms with Gasteiger partial charge in [-0.25, -0.2) is 4.98 Å². The van der Waals surface area contributed by atoms with E-state index in [-0.39, 0.29) is 0 Å². The van der Waals surface area contributed by atoms with Crippen molar-refractivity contribution in [2.45, 2.75) is 33.6 Å². The Balaban J connectivity index is 2.08. The van der Waals surface area contributed by atoms with E-state index in [9.17, 15) is 0 Å². The molecule has 1 heterocycles. The summed E-state index contributed by atoms with van der Waals surface area (Å²) in [5.41, 5.74) is 6.53. The molecule has 2 nitrogen and oxygen atoms in total. The van der Waals surface area contributed by atoms with E-state index in [4.69, 9.17) is 4.42 Å². The number of oxazole rings is 1. The Hall–Kier alpha value is -2.09. The van der Waals surface area contributed by atoms with Crippen molar-refractivity contribution in [1.29, 1.82) is 0 Å². The van der Waals surface area contributed by atoms with Crippen molar-refractivity contribution < 1.29 is 4.42 Å². The first-order chi connectivity index (χ1) is 9.54. The van der Waals surface area contributed by atoms with Crippen LogP contribution in [0, 0.1) is 13.8 Å². The maximum atomic E-state index is 5.93. The van der Waals surface area contributed by atoms with Gasteiger partial charge in [0.05, 0.1) is 0 Å². The van der Waals surface area contributed by atoms with E-state index in [0.29, 0.717) is 11.8 Å². The number of aryl methyl sites for hydroxylation is 2. The average molecular weight is 265 g/mol. The molecule has 0 atom stereocenters. The maximum absolute atomic E-state index is 5.93. The van der Waals surface area contributed by atoms with Crippen molar-refractivity contribution in [1.82, 2.24) is 4.98 Å². The SMILES string of the molecule is Cc1cc(C)c2oc(-c3ccc(C(C)C)cc3)nc2c1. The lowest BCUT2D eigenvalue weighted by molar-refractivity contribution is 0.617. The van der Waals surface area contributed by atoms with Crippen LogP contribution in [0.3, 0.4) is 0 Å². The highest BCUT2D eigenvalue weighted by molar-refractivity contribution is 5.80. The first kappa shape index (κ1) is 12.9. The van der Waals surface area contributed by atoms with Crippen LogP contribution in [0.25, 0.3) is 22.6 Å². The van der Waals surface area contributed by atoms with Crippen molar-refractivity contribution >= 4 is 11.1 Å². The van der Waals surface area contributed by atoms with E-state index in [0.717, 1.165) is 22.2 Å². The van der Waals surface area contributed by atoms with Gasteiger partial charge in [-0.15, -0.1) is 0 Å². The Kier molecular flexibility index (Phi) is 3.09. The number of rotatable bonds is 2. The predicted molar refractivity (Wildman–Crippen MR) is 83.0 cm³/mol. The molecule has 3 aromatic rings. The van der Waals surface area contributed by atoms with Gasteiger partial charge in [-0.05, 0) is 54.7 Å². The highest BCUT2D eigenvalue weighted by Crippen LogP contribution is 2.28. The lowest BCUT2D eigenvalue weighted by Gasteiger charge is -2.04. The zero-order chi connectivity index (χ0) is 14.3. The number of fused-ring (bicyclic) bond motifs is 1. The van der Waals surface area contributed by atoms with Crippen LogP contribution in [-0.2, 0) is 0 Å². The molecule has 0 saturated heterocycles. The molecule has 0 radical (unpaired) electrons. The lowest BCUT2D eigenvalue weighted by atomic mass is 10.0. The summed E-state index contributed by atoms with van der Waals surface area (Å²) >= 11 is 0. The topological polar surface area (TPSA) is 26.0 Å². The van der Waals surface area contributed by atoms with Crippen LogP contribution in [0.4, 0.5) is 0 Å². The third-order valence-electron chi connectivity index (χ3n) is 3.64. The minimum Gasteiger partial charge on any atom is -0.436 e. The van der Waals surface area contributed by atoms with E-state index in [1.165, 1.54) is 11.1 Å². The average Bonchev–Trinajstić information content (AvgIpc) is 2.83. The number of hydrogen-bond acceptors (Lipinski definition) is 2. The lowest BCUT2D eigenvalue weighted by Crippen LogP contribution is -1.86. The zero-order valence-corrected chi connectivity index (χ0v) is 12.4. The summed E-state index contributed by atoms with van der Waals surface area (Å²) in [6.45, 7) is 8.53. The third-order valence-corrected chi connectivity index (χ3v) is 3.64. The molecule has 3 rings (SSSR count). The summed E-state index contributed by atoms with van der Waals surface area (Å²) in [6, 6.07) is 12.7. The molecule has 0 saturated carbocycles. The van der Waals surface area contributed by atoms with Crippen LogP contribution in [0.15, 0.2) is 40.8 Å². The predicted octanol–water partition coefficient (Wildman–Crippen LogP) is 5.24. The largest absolute Gasteiger partial charge is 0.436 e. The molecule has 0 N–H and O–H groups in total. The van der Waals surface area contributed by atoms with Crippen LogP contribution >= 0.6 is 0 Å². The Morgan fingerprint density at radius 2 is 1.70 bits per heavy atom. The van der Waals surface area contributed by atoms with Gasteiger partial charge >= 0.3 is 0 Å². The van der Waals surface area contributed by atoms with Crippen LogP contribution < -0.4 is 0 Å². The number of nitrogens with zero attached hydrogens (tertiary/aromatic N) is 1. The van der Waals surface area contributed by atoms with Crippen LogP contribution in [0.2, 0.25) is 0 Å². The number of hydrogen-bond donors (Lipinski definition) is 0. The second kappa shape index (κ2) is 4.78. The smallest absolute Gasteiger partial charge is 0.227 e. The van der Waals surface area contributed by atoms with Gasteiger partial charge < -0.3 is 4.42 Å². The van der Waals surface area contributed by atoms with E-state index >= 15 is 0 Å². The summed E-state index contributed by atoms with van der Waals surface area (Å²) in [5, 5.41) is 0. The van der Waals surface area contributed by atoms with Gasteiger partial charge in [-0.1, -0.05) is 32.0 Å². The first-order valence-corrected chi connectivity index (χ1v) is 7.02. The second-order valence-corrected chi connectivity index (χ2v) is 5.73. The molecule has 0 unspecified atom stereocenters. The summed E-state index contributed by atoms with van der Waals surface area (Å²) in [5.74, 6) is 1.24. The normalized spacial score (nSPS) is 11.4. The van der Waals surface area contributed by atoms with Gasteiger partial charge in [0.25, 0.3) is 0 Å². The molecule has 0 amide bonds. The molecule has 0 aliphatic rings. The van der Waals surface area contributed by atoms with Gasteiger partial charge in [0.2, 0.25) is 5.89 Å². The number of aromatic nitrogens is 1. The van der Waals surface area contributed by atoms with Crippen molar-refractivity contribution in [2.75, 3.05) is 0 Å². The molecule has 20 heavy (non-hydrogen) atoms. The van der Waals surface area contributed by atoms with Gasteiger partial charge in [0.1, 0.15) is 5.52 Å². The van der Waals surface area contributed by atoms with E-state index < -0.39 is 0 Å². The molecule has 0 fully saturated rings. The molecule has 0 aliphatic carbocycles. The zero-order valence-electron chi connectivity index (χ0n) is 12.4. The van der Waals surface area contributed by atoms with Gasteiger partial charge in [0, 0.05) is 5.56 Å². The first-order valence-electron chi connectivity index (χ1n) is 7.02. The Morgan fingerprint density at radius 3 is 2.35 bits per heavy atom. The summed E-state index contributed by atoms with van der Waals surface area (Å²) in [6.07, 6.45) is 0. The third kappa shape index (κ3) is 2.22. The quantitative estimate of drug-likeness (QED) is 0.633. The van der Waals surface area contributed by atoms with Gasteiger partial charge in [-0.3, -0.25) is 0 Å². The second-order valence-electron chi connectivity index (χ2n) is 5.73. The Morgan fingerprint density at radius 1 is 1.00 bits per heavy atom. The summed E-state index contributed by atoms with van der Waals surface area (Å²) in [4.78, 5) is 4.61. The molecule has 0 spiro atoms. The van der Waals surface area contributed by atoms with Gasteiger partial charge in [-0.2, -0.15) is 0 Å². The fourth-order valence-corrected chi connectivity index (χ4v) is 2.51. The van der Waals surface area contributed by atoms with E-state index in [2.05, 4.69) is 69.1 Å². The molecular formula is C18H19NO. The van der Waals surface area contributed by atoms with Crippen LogP contribution in [0.5, 0.6) is 0 Å². The highest BCUT2D eigenvalue weighted by Gasteiger charge is 2.11. The molecule has 2 aromatic carbocycles. The fraction of sp³-hybridized carbons (Fsp3) is 0.278. The van der Waals surface area contributed by atoms with E-state index in [1.807, 2.05) is 0 Å². The van der Waals surface area contributed by atoms with Crippen molar-refractivity contribution in [3.05, 3.63) is 53.1 Å². The van der Waals surface area contributed by atoms with Crippen molar-refractivity contribution in [3.63, 3.8) is 0 Å². The van der Waals surface area contributed by atoms with E-state index in [1.54, 1.807) is 0 Å². The van der Waals surface area contributed by atoms with Crippen LogP contribution in [0.1, 0.15) is 36.5 Å². The maximum Gasteiger partial charge on any atom is 0.227 e. The minimum atomic E-state index is 0.539. The van der Waals surface area contributed by atoms with Crippen molar-refractivity contribution in [2.24, 2.45) is 0 Å². The van der Waals surface area contributed by atoms with Gasteiger partial charge in [0.15, 0.2) is 5.58 Å². The Bertz CT molecular complexity index is 751. The number of benzene rings is 2. The molecule has 2 heteroatoms. The van der Waals surface area contributed by atoms with Crippen molar-refractivity contribution in [3.8, 4) is 11.5 Å². The standard InChI is InChI=1S/C18H19NO/c1-11(2)14-5-7-15(8-6-14)18-19-16-10-12(3)9-13(4)17(16)20-18/h5-11H,1-4H3. The molecular weight excluding hydrogens is 246 g/mol. The monoisotopic (exact) mass is 265 g/mol.